The fourth-order valence-electron chi connectivity index (χ4n) is 3.25. The molecule has 2 amide bonds. The molecule has 2 heterocycles. The number of amides is 2. The van der Waals surface area contributed by atoms with Gasteiger partial charge in [-0.25, -0.2) is 0 Å². The lowest BCUT2D eigenvalue weighted by atomic mass is 10.0. The molecule has 4 rings (SSSR count). The number of hydrogen-bond acceptors (Lipinski definition) is 4. The summed E-state index contributed by atoms with van der Waals surface area (Å²) in [5, 5.41) is 7.51. The second-order valence-corrected chi connectivity index (χ2v) is 7.83. The second kappa shape index (κ2) is 8.92. The fourth-order valence-corrected chi connectivity index (χ4v) is 3.89. The summed E-state index contributed by atoms with van der Waals surface area (Å²) in [4.78, 5) is 24.5. The van der Waals surface area contributed by atoms with Crippen molar-refractivity contribution in [3.8, 4) is 16.9 Å². The third-order valence-electron chi connectivity index (χ3n) is 4.85. The van der Waals surface area contributed by atoms with Crippen molar-refractivity contribution in [2.75, 3.05) is 13.2 Å². The van der Waals surface area contributed by atoms with E-state index in [-0.39, 0.29) is 18.2 Å². The SMILES string of the molecule is O=C(CCNC(=O)c1cccs1)NCc1ccc(-c2ccc3c(c2)CCO3)cc1. The summed E-state index contributed by atoms with van der Waals surface area (Å²) in [6, 6.07) is 18.1. The molecule has 5 nitrogen and oxygen atoms in total. The van der Waals surface area contributed by atoms with Crippen molar-refractivity contribution < 1.29 is 14.3 Å². The molecule has 0 atom stereocenters. The molecule has 0 bridgehead atoms. The Morgan fingerprint density at radius 3 is 2.62 bits per heavy atom. The molecule has 148 valence electrons. The standard InChI is InChI=1S/C23H22N2O3S/c26-22(9-11-24-23(27)21-2-1-13-29-21)25-15-16-3-5-17(6-4-16)18-7-8-20-19(14-18)10-12-28-20/h1-8,13-14H,9-12,15H2,(H,24,27)(H,25,26). The summed E-state index contributed by atoms with van der Waals surface area (Å²) in [7, 11) is 0. The molecule has 0 saturated carbocycles. The Hall–Kier alpha value is -3.12. The Balaban J connectivity index is 1.24. The van der Waals surface area contributed by atoms with E-state index in [1.54, 1.807) is 6.07 Å². The normalized spacial score (nSPS) is 12.1. The maximum Gasteiger partial charge on any atom is 0.261 e. The Labute approximate surface area is 173 Å². The van der Waals surface area contributed by atoms with Crippen LogP contribution in [0.5, 0.6) is 5.75 Å². The number of thiophene rings is 1. The molecule has 0 spiro atoms. The largest absolute Gasteiger partial charge is 0.493 e. The van der Waals surface area contributed by atoms with Crippen molar-refractivity contribution in [1.82, 2.24) is 10.6 Å². The average molecular weight is 407 g/mol. The lowest BCUT2D eigenvalue weighted by Gasteiger charge is -2.08. The van der Waals surface area contributed by atoms with Crippen LogP contribution in [-0.2, 0) is 17.8 Å². The highest BCUT2D eigenvalue weighted by atomic mass is 32.1. The van der Waals surface area contributed by atoms with Crippen molar-refractivity contribution in [2.24, 2.45) is 0 Å². The van der Waals surface area contributed by atoms with E-state index in [1.165, 1.54) is 22.5 Å². The molecule has 0 unspecified atom stereocenters. The Morgan fingerprint density at radius 1 is 1.00 bits per heavy atom. The van der Waals surface area contributed by atoms with E-state index in [9.17, 15) is 9.59 Å². The molecule has 1 aliphatic rings. The lowest BCUT2D eigenvalue weighted by molar-refractivity contribution is -0.121. The molecule has 2 N–H and O–H groups in total. The van der Waals surface area contributed by atoms with Gasteiger partial charge in [0, 0.05) is 25.9 Å². The molecule has 29 heavy (non-hydrogen) atoms. The van der Waals surface area contributed by atoms with Crippen molar-refractivity contribution >= 4 is 23.2 Å². The molecule has 0 saturated heterocycles. The first-order valence-corrected chi connectivity index (χ1v) is 10.5. The van der Waals surface area contributed by atoms with Crippen LogP contribution >= 0.6 is 11.3 Å². The molecular weight excluding hydrogens is 384 g/mol. The van der Waals surface area contributed by atoms with E-state index in [4.69, 9.17) is 4.74 Å². The molecule has 3 aromatic rings. The molecule has 6 heteroatoms. The summed E-state index contributed by atoms with van der Waals surface area (Å²) < 4.78 is 5.56. The maximum atomic E-state index is 12.0. The van der Waals surface area contributed by atoms with E-state index < -0.39 is 0 Å². The van der Waals surface area contributed by atoms with Gasteiger partial charge < -0.3 is 15.4 Å². The zero-order valence-electron chi connectivity index (χ0n) is 15.9. The quantitative estimate of drug-likeness (QED) is 0.627. The minimum Gasteiger partial charge on any atom is -0.493 e. The average Bonchev–Trinajstić information content (AvgIpc) is 3.44. The number of benzene rings is 2. The first-order chi connectivity index (χ1) is 14.2. The van der Waals surface area contributed by atoms with Crippen LogP contribution < -0.4 is 15.4 Å². The second-order valence-electron chi connectivity index (χ2n) is 6.88. The van der Waals surface area contributed by atoms with Crippen LogP contribution in [0.25, 0.3) is 11.1 Å². The number of ether oxygens (including phenoxy) is 1. The molecule has 0 aliphatic carbocycles. The molecule has 2 aromatic carbocycles. The Kier molecular flexibility index (Phi) is 5.91. The predicted molar refractivity (Wildman–Crippen MR) is 114 cm³/mol. The van der Waals surface area contributed by atoms with Crippen LogP contribution in [-0.4, -0.2) is 25.0 Å². The monoisotopic (exact) mass is 406 g/mol. The van der Waals surface area contributed by atoms with Gasteiger partial charge in [-0.1, -0.05) is 36.4 Å². The summed E-state index contributed by atoms with van der Waals surface area (Å²) in [6.07, 6.45) is 1.22. The van der Waals surface area contributed by atoms with Crippen LogP contribution in [0.2, 0.25) is 0 Å². The van der Waals surface area contributed by atoms with Crippen LogP contribution in [0.1, 0.15) is 27.2 Å². The summed E-state index contributed by atoms with van der Waals surface area (Å²) in [5.41, 5.74) is 4.61. The first-order valence-electron chi connectivity index (χ1n) is 9.62. The van der Waals surface area contributed by atoms with Crippen molar-refractivity contribution in [2.45, 2.75) is 19.4 Å². The minimum absolute atomic E-state index is 0.0841. The molecular formula is C23H22N2O3S. The van der Waals surface area contributed by atoms with E-state index in [0.717, 1.165) is 29.9 Å². The van der Waals surface area contributed by atoms with E-state index >= 15 is 0 Å². The zero-order valence-corrected chi connectivity index (χ0v) is 16.8. The smallest absolute Gasteiger partial charge is 0.261 e. The van der Waals surface area contributed by atoms with Gasteiger partial charge in [-0.3, -0.25) is 9.59 Å². The Morgan fingerprint density at radius 2 is 1.83 bits per heavy atom. The number of nitrogens with one attached hydrogen (secondary N) is 2. The van der Waals surface area contributed by atoms with Crippen LogP contribution in [0.15, 0.2) is 60.0 Å². The Bertz CT molecular complexity index is 997. The third-order valence-corrected chi connectivity index (χ3v) is 5.72. The van der Waals surface area contributed by atoms with E-state index in [1.807, 2.05) is 29.6 Å². The molecule has 0 fully saturated rings. The van der Waals surface area contributed by atoms with Gasteiger partial charge in [0.05, 0.1) is 11.5 Å². The van der Waals surface area contributed by atoms with Gasteiger partial charge in [-0.2, -0.15) is 0 Å². The highest BCUT2D eigenvalue weighted by molar-refractivity contribution is 7.12. The first kappa shape index (κ1) is 19.2. The van der Waals surface area contributed by atoms with Crippen molar-refractivity contribution in [1.29, 1.82) is 0 Å². The topological polar surface area (TPSA) is 67.4 Å². The molecule has 1 aliphatic heterocycles. The number of rotatable bonds is 7. The fraction of sp³-hybridized carbons (Fsp3) is 0.217. The highest BCUT2D eigenvalue weighted by Gasteiger charge is 2.12. The van der Waals surface area contributed by atoms with Crippen molar-refractivity contribution in [3.63, 3.8) is 0 Å². The predicted octanol–water partition coefficient (Wildman–Crippen LogP) is 3.79. The summed E-state index contributed by atoms with van der Waals surface area (Å²) in [6.45, 7) is 1.55. The van der Waals surface area contributed by atoms with Gasteiger partial charge in [0.2, 0.25) is 5.91 Å². The van der Waals surface area contributed by atoms with Gasteiger partial charge in [-0.15, -0.1) is 11.3 Å². The van der Waals surface area contributed by atoms with E-state index in [0.29, 0.717) is 18.0 Å². The van der Waals surface area contributed by atoms with Gasteiger partial charge in [0.15, 0.2) is 0 Å². The maximum absolute atomic E-state index is 12.0. The highest BCUT2D eigenvalue weighted by Crippen LogP contribution is 2.30. The van der Waals surface area contributed by atoms with E-state index in [2.05, 4.69) is 34.9 Å². The number of fused-ring (bicyclic) bond motifs is 1. The minimum atomic E-state index is -0.137. The lowest BCUT2D eigenvalue weighted by Crippen LogP contribution is -2.30. The molecule has 0 radical (unpaired) electrons. The van der Waals surface area contributed by atoms with Gasteiger partial charge in [0.1, 0.15) is 5.75 Å². The van der Waals surface area contributed by atoms with Gasteiger partial charge >= 0.3 is 0 Å². The van der Waals surface area contributed by atoms with Gasteiger partial charge in [-0.05, 0) is 45.8 Å². The van der Waals surface area contributed by atoms with Crippen LogP contribution in [0, 0.1) is 0 Å². The number of hydrogen-bond donors (Lipinski definition) is 2. The number of carbonyl (C=O) groups excluding carboxylic acids is 2. The van der Waals surface area contributed by atoms with Crippen molar-refractivity contribution in [3.05, 3.63) is 76.0 Å². The van der Waals surface area contributed by atoms with Crippen LogP contribution in [0.3, 0.4) is 0 Å². The molecule has 1 aromatic heterocycles. The van der Waals surface area contributed by atoms with Crippen LogP contribution in [0.4, 0.5) is 0 Å². The summed E-state index contributed by atoms with van der Waals surface area (Å²) in [5.74, 6) is 0.764. The summed E-state index contributed by atoms with van der Waals surface area (Å²) >= 11 is 1.38. The zero-order chi connectivity index (χ0) is 20.1. The third kappa shape index (κ3) is 4.84. The number of carbonyl (C=O) groups is 2. The van der Waals surface area contributed by atoms with Gasteiger partial charge in [0.25, 0.3) is 5.91 Å².